The zero-order chi connectivity index (χ0) is 49.5. The van der Waals surface area contributed by atoms with Gasteiger partial charge in [0.2, 0.25) is 23.6 Å². The van der Waals surface area contributed by atoms with E-state index in [1.807, 2.05) is 0 Å². The quantitative estimate of drug-likeness (QED) is 0.0362. The summed E-state index contributed by atoms with van der Waals surface area (Å²) in [5.41, 5.74) is 18.9. The number of carboxylic acid groups (broad SMARTS) is 3. The number of carbonyl (C=O) groups is 7. The van der Waals surface area contributed by atoms with Gasteiger partial charge in [-0.2, -0.15) is 0 Å². The van der Waals surface area contributed by atoms with E-state index in [4.69, 9.17) is 29.4 Å². The summed E-state index contributed by atoms with van der Waals surface area (Å²) < 4.78 is 0. The molecule has 1 aliphatic rings. The fourth-order valence-corrected chi connectivity index (χ4v) is 7.79. The van der Waals surface area contributed by atoms with Gasteiger partial charge in [-0.3, -0.25) is 48.3 Å². The van der Waals surface area contributed by atoms with Gasteiger partial charge in [0, 0.05) is 50.9 Å². The van der Waals surface area contributed by atoms with Gasteiger partial charge in [0.25, 0.3) is 0 Å². The average Bonchev–Trinajstić information content (AvgIpc) is 3.32. The Morgan fingerprint density at radius 2 is 1.16 bits per heavy atom. The van der Waals surface area contributed by atoms with Crippen LogP contribution in [0.1, 0.15) is 56.6 Å². The van der Waals surface area contributed by atoms with Crippen molar-refractivity contribution in [3.05, 3.63) is 59.7 Å². The maximum absolute atomic E-state index is 13.9. The van der Waals surface area contributed by atoms with Crippen molar-refractivity contribution in [1.82, 2.24) is 36.0 Å². The second-order valence-electron chi connectivity index (χ2n) is 16.6. The molecule has 1 unspecified atom stereocenters. The zero-order valence-corrected chi connectivity index (χ0v) is 38.7. The van der Waals surface area contributed by atoms with Crippen LogP contribution in [-0.2, 0) is 46.4 Å². The molecular weight excluding hydrogens is 891 g/mol. The Hall–Kier alpha value is -5.98. The minimum Gasteiger partial charge on any atom is -0.508 e. The van der Waals surface area contributed by atoms with E-state index in [-0.39, 0.29) is 75.9 Å². The third-order valence-electron chi connectivity index (χ3n) is 11.1. The minimum atomic E-state index is -1.20. The van der Waals surface area contributed by atoms with Crippen molar-refractivity contribution in [3.8, 4) is 5.75 Å². The number of aromatic hydroxyl groups is 1. The molecule has 5 atom stereocenters. The second-order valence-corrected chi connectivity index (χ2v) is 17.0. The van der Waals surface area contributed by atoms with Crippen molar-refractivity contribution in [2.24, 2.45) is 17.2 Å². The van der Waals surface area contributed by atoms with Gasteiger partial charge in [-0.15, -0.1) is 0 Å². The van der Waals surface area contributed by atoms with E-state index in [9.17, 15) is 54.0 Å². The highest BCUT2D eigenvalue weighted by Gasteiger charge is 2.31. The maximum Gasteiger partial charge on any atom is 0.317 e. The van der Waals surface area contributed by atoms with E-state index >= 15 is 0 Å². The van der Waals surface area contributed by atoms with Crippen molar-refractivity contribution >= 4 is 64.6 Å². The lowest BCUT2D eigenvalue weighted by molar-refractivity contribution is -0.140. The highest BCUT2D eigenvalue weighted by atomic mass is 32.1. The predicted molar refractivity (Wildman–Crippen MR) is 253 cm³/mol. The Bertz CT molecular complexity index is 1960. The number of phenols is 1. The van der Waals surface area contributed by atoms with Gasteiger partial charge in [0.05, 0.1) is 19.6 Å². The fraction of sp³-hybridized carbons (Fsp3) is 0.545. The van der Waals surface area contributed by atoms with Crippen molar-refractivity contribution in [2.45, 2.75) is 88.5 Å². The Labute approximate surface area is 395 Å². The smallest absolute Gasteiger partial charge is 0.317 e. The number of hydrogen-bond donors (Lipinski definition) is 12. The Balaban J connectivity index is 1.70. The number of hydrogen-bond acceptors (Lipinski definition) is 14. The molecule has 0 spiro atoms. The first-order valence-corrected chi connectivity index (χ1v) is 22.7. The van der Waals surface area contributed by atoms with Crippen LogP contribution in [0.3, 0.4) is 0 Å². The zero-order valence-electron chi connectivity index (χ0n) is 37.9. The van der Waals surface area contributed by atoms with Crippen molar-refractivity contribution in [2.75, 3.05) is 70.8 Å². The molecule has 1 saturated heterocycles. The summed E-state index contributed by atoms with van der Waals surface area (Å²) in [6.45, 7) is 2.72. The lowest BCUT2D eigenvalue weighted by Gasteiger charge is -2.33. The largest absolute Gasteiger partial charge is 0.508 e. The molecule has 22 nitrogen and oxygen atoms in total. The summed E-state index contributed by atoms with van der Waals surface area (Å²) >= 11 is 5.52. The van der Waals surface area contributed by atoms with Crippen LogP contribution in [0.25, 0.3) is 0 Å². The van der Waals surface area contributed by atoms with E-state index in [1.165, 1.54) is 12.1 Å². The highest BCUT2D eigenvalue weighted by Crippen LogP contribution is 2.17. The molecule has 1 fully saturated rings. The van der Waals surface area contributed by atoms with Crippen molar-refractivity contribution < 1.29 is 54.0 Å². The van der Waals surface area contributed by atoms with E-state index in [0.717, 1.165) is 5.56 Å². The van der Waals surface area contributed by atoms with Crippen LogP contribution >= 0.6 is 12.2 Å². The van der Waals surface area contributed by atoms with Crippen LogP contribution in [0, 0.1) is 0 Å². The number of amides is 4. The van der Waals surface area contributed by atoms with Crippen LogP contribution < -0.4 is 43.8 Å². The average molecular weight is 958 g/mol. The van der Waals surface area contributed by atoms with Gasteiger partial charge >= 0.3 is 17.9 Å². The number of aliphatic carboxylic acids is 3. The SMILES string of the molecule is C[C@@H](NC(=S)Nc1ccc(CC2CN(CC(=O)O)CCN(CC(=O)O)CCN2CC(=O)O)cc1)C(=O)N[C@@H](CCCCN)C(=O)N[C@@H](Cc1ccc(O)cc1)C(=O)N[C@@H](CCCCN)C(N)=O. The fourth-order valence-electron chi connectivity index (χ4n) is 7.50. The van der Waals surface area contributed by atoms with Crippen LogP contribution in [-0.4, -0.2) is 177 Å². The lowest BCUT2D eigenvalue weighted by atomic mass is 10.0. The second kappa shape index (κ2) is 28.9. The normalized spacial score (nSPS) is 16.7. The molecular formula is C44H67N11O11S. The molecule has 2 aromatic carbocycles. The van der Waals surface area contributed by atoms with Crippen LogP contribution in [0.15, 0.2) is 48.5 Å². The molecule has 0 radical (unpaired) electrons. The van der Waals surface area contributed by atoms with Crippen LogP contribution in [0.2, 0.25) is 0 Å². The molecule has 0 aromatic heterocycles. The molecule has 23 heteroatoms. The maximum atomic E-state index is 13.9. The van der Waals surface area contributed by atoms with E-state index in [1.54, 1.807) is 58.0 Å². The molecule has 2 aromatic rings. The topological polar surface area (TPSA) is 348 Å². The Morgan fingerprint density at radius 3 is 1.75 bits per heavy atom. The van der Waals surface area contributed by atoms with Gasteiger partial charge < -0.3 is 64.2 Å². The summed E-state index contributed by atoms with van der Waals surface area (Å²) in [4.78, 5) is 93.5. The number of thiocarbonyl (C=S) groups is 1. The number of unbranched alkanes of at least 4 members (excludes halogenated alkanes) is 2. The molecule has 15 N–H and O–H groups in total. The molecule has 4 amide bonds. The molecule has 3 rings (SSSR count). The number of anilines is 1. The molecule has 1 aliphatic heterocycles. The number of phenolic OH excluding ortho intramolecular Hbond substituents is 1. The van der Waals surface area contributed by atoms with Gasteiger partial charge in [-0.1, -0.05) is 24.3 Å². The highest BCUT2D eigenvalue weighted by molar-refractivity contribution is 7.80. The number of nitrogens with zero attached hydrogens (tertiary/aromatic N) is 3. The molecule has 0 aliphatic carbocycles. The summed E-state index contributed by atoms with van der Waals surface area (Å²) in [6.07, 6.45) is 2.93. The van der Waals surface area contributed by atoms with Crippen molar-refractivity contribution in [1.29, 1.82) is 0 Å². The van der Waals surface area contributed by atoms with Gasteiger partial charge in [0.1, 0.15) is 29.9 Å². The van der Waals surface area contributed by atoms with Crippen LogP contribution in [0.4, 0.5) is 5.69 Å². The number of nitrogens with two attached hydrogens (primary N) is 3. The number of primary amides is 1. The predicted octanol–water partition coefficient (Wildman–Crippen LogP) is -1.41. The third-order valence-corrected chi connectivity index (χ3v) is 11.3. The Kier molecular flexibility index (Phi) is 23.9. The summed E-state index contributed by atoms with van der Waals surface area (Å²) in [5, 5.41) is 52.7. The molecule has 0 saturated carbocycles. The Morgan fingerprint density at radius 1 is 0.657 bits per heavy atom. The molecule has 67 heavy (non-hydrogen) atoms. The number of carbonyl (C=O) groups excluding carboxylic acids is 4. The van der Waals surface area contributed by atoms with Crippen molar-refractivity contribution in [3.63, 3.8) is 0 Å². The third kappa shape index (κ3) is 21.0. The van der Waals surface area contributed by atoms with E-state index in [2.05, 4.69) is 26.6 Å². The lowest BCUT2D eigenvalue weighted by Crippen LogP contribution is -2.58. The van der Waals surface area contributed by atoms with Gasteiger partial charge in [-0.05, 0) is 113 Å². The monoisotopic (exact) mass is 957 g/mol. The standard InChI is InChI=1S/C44H67N11O11S/c1-28(41(64)51-35(7-3-5-17-46)42(65)52-36(23-30-10-14-33(56)15-11-30)43(66)50-34(40(47)63)6-2-4-16-45)48-44(67)49-31-12-8-29(9-13-31)22-32-24-54(26-38(59)60)19-18-53(25-37(57)58)20-21-55(32)27-39(61)62/h8-15,28,32,34-36,56H,2-7,16-27,45-46H2,1H3,(H2,47,63)(H,50,66)(H,51,64)(H,52,65)(H,57,58)(H,59,60)(H,61,62)(H2,48,49,67)/t28-,32?,34+,35+,36+/m1/s1. The molecule has 0 bridgehead atoms. The summed E-state index contributed by atoms with van der Waals surface area (Å²) in [7, 11) is 0. The molecule has 1 heterocycles. The number of rotatable bonds is 27. The first-order chi connectivity index (χ1) is 31.9. The first-order valence-electron chi connectivity index (χ1n) is 22.3. The first kappa shape index (κ1) is 55.3. The van der Waals surface area contributed by atoms with Gasteiger partial charge in [0.15, 0.2) is 5.11 Å². The van der Waals surface area contributed by atoms with Crippen LogP contribution in [0.5, 0.6) is 5.75 Å². The van der Waals surface area contributed by atoms with Gasteiger partial charge in [-0.25, -0.2) is 0 Å². The number of benzene rings is 2. The minimum absolute atomic E-state index is 0.00341. The summed E-state index contributed by atoms with van der Waals surface area (Å²) in [6, 6.07) is 8.45. The number of nitrogens with one attached hydrogen (secondary N) is 5. The van der Waals surface area contributed by atoms with E-state index < -0.39 is 71.7 Å². The molecule has 370 valence electrons. The summed E-state index contributed by atoms with van der Waals surface area (Å²) in [5.74, 6) is -5.84. The number of carboxylic acids is 3. The van der Waals surface area contributed by atoms with E-state index in [0.29, 0.717) is 63.0 Å².